The monoisotopic (exact) mass is 410 g/mol. The van der Waals surface area contributed by atoms with Crippen LogP contribution in [0.4, 0.5) is 5.69 Å². The fourth-order valence-corrected chi connectivity index (χ4v) is 3.94. The van der Waals surface area contributed by atoms with Crippen LogP contribution in [-0.4, -0.2) is 34.5 Å². The number of hydrogen-bond donors (Lipinski definition) is 1. The number of sulfonamides is 1. The first kappa shape index (κ1) is 21.1. The number of nitrogens with zero attached hydrogens (tertiary/aromatic N) is 1. The van der Waals surface area contributed by atoms with Crippen molar-refractivity contribution in [1.82, 2.24) is 5.32 Å². The van der Waals surface area contributed by atoms with Gasteiger partial charge in [0.05, 0.1) is 17.7 Å². The van der Waals surface area contributed by atoms with E-state index in [-0.39, 0.29) is 17.3 Å². The molecule has 0 aliphatic carbocycles. The van der Waals surface area contributed by atoms with Gasteiger partial charge in [-0.3, -0.25) is 9.10 Å². The number of hydrogen-bond acceptors (Lipinski definition) is 4. The number of ether oxygens (including phenoxy) is 1. The van der Waals surface area contributed by atoms with Crippen LogP contribution in [0.3, 0.4) is 0 Å². The Labute approximate surface area is 165 Å². The number of carbonyl (C=O) groups excluding carboxylic acids is 1. The van der Waals surface area contributed by atoms with Gasteiger partial charge in [0, 0.05) is 11.6 Å². The van der Waals surface area contributed by atoms with Gasteiger partial charge < -0.3 is 10.1 Å². The molecule has 0 unspecified atom stereocenters. The molecule has 2 aromatic carbocycles. The molecule has 6 nitrogen and oxygen atoms in total. The van der Waals surface area contributed by atoms with Gasteiger partial charge in [0.2, 0.25) is 5.91 Å². The molecule has 0 aliphatic heterocycles. The zero-order chi connectivity index (χ0) is 19.9. The summed E-state index contributed by atoms with van der Waals surface area (Å²) in [5.41, 5.74) is 0.362. The first-order valence-corrected chi connectivity index (χ1v) is 10.4. The van der Waals surface area contributed by atoms with Gasteiger partial charge in [-0.1, -0.05) is 24.9 Å². The lowest BCUT2D eigenvalue weighted by Gasteiger charge is -2.24. The molecule has 8 heteroatoms. The molecule has 0 heterocycles. The van der Waals surface area contributed by atoms with E-state index < -0.39 is 10.0 Å². The van der Waals surface area contributed by atoms with Crippen LogP contribution >= 0.6 is 11.6 Å². The number of benzene rings is 2. The third-order valence-electron chi connectivity index (χ3n) is 3.90. The lowest BCUT2D eigenvalue weighted by molar-refractivity contribution is -0.119. The predicted octanol–water partition coefficient (Wildman–Crippen LogP) is 3.46. The van der Waals surface area contributed by atoms with Gasteiger partial charge in [-0.25, -0.2) is 8.42 Å². The number of carbonyl (C=O) groups is 1. The first-order chi connectivity index (χ1) is 12.9. The average molecular weight is 411 g/mol. The van der Waals surface area contributed by atoms with E-state index in [1.807, 2.05) is 6.92 Å². The van der Waals surface area contributed by atoms with E-state index in [0.29, 0.717) is 23.0 Å². The van der Waals surface area contributed by atoms with E-state index in [1.165, 1.54) is 19.2 Å². The Morgan fingerprint density at radius 2 is 1.74 bits per heavy atom. The maximum Gasteiger partial charge on any atom is 0.264 e. The quantitative estimate of drug-likeness (QED) is 0.642. The molecule has 1 amide bonds. The highest BCUT2D eigenvalue weighted by Crippen LogP contribution is 2.26. The summed E-state index contributed by atoms with van der Waals surface area (Å²) >= 11 is 5.91. The molecule has 27 heavy (non-hydrogen) atoms. The molecular formula is C19H23ClN2O4S. The summed E-state index contributed by atoms with van der Waals surface area (Å²) in [4.78, 5) is 12.4. The Bertz CT molecular complexity index is 852. The highest BCUT2D eigenvalue weighted by atomic mass is 35.5. The second kappa shape index (κ2) is 9.62. The van der Waals surface area contributed by atoms with E-state index in [9.17, 15) is 13.2 Å². The van der Waals surface area contributed by atoms with Crippen molar-refractivity contribution in [2.24, 2.45) is 0 Å². The van der Waals surface area contributed by atoms with E-state index in [4.69, 9.17) is 16.3 Å². The van der Waals surface area contributed by atoms with Gasteiger partial charge in [0.1, 0.15) is 12.3 Å². The summed E-state index contributed by atoms with van der Waals surface area (Å²) < 4.78 is 32.5. The van der Waals surface area contributed by atoms with Crippen molar-refractivity contribution in [2.45, 2.75) is 24.7 Å². The van der Waals surface area contributed by atoms with Crippen molar-refractivity contribution in [2.75, 3.05) is 24.5 Å². The molecule has 1 N–H and O–H groups in total. The number of methoxy groups -OCH3 is 1. The van der Waals surface area contributed by atoms with Crippen molar-refractivity contribution in [3.8, 4) is 5.75 Å². The molecule has 0 radical (unpaired) electrons. The number of anilines is 1. The molecule has 0 saturated heterocycles. The maximum absolute atomic E-state index is 13.2. The van der Waals surface area contributed by atoms with Crippen molar-refractivity contribution < 1.29 is 17.9 Å². The highest BCUT2D eigenvalue weighted by Gasteiger charge is 2.27. The van der Waals surface area contributed by atoms with Crippen LogP contribution in [-0.2, 0) is 14.8 Å². The molecule has 0 aromatic heterocycles. The molecule has 0 aliphatic rings. The Morgan fingerprint density at radius 3 is 2.30 bits per heavy atom. The first-order valence-electron chi connectivity index (χ1n) is 8.57. The van der Waals surface area contributed by atoms with Gasteiger partial charge in [0.15, 0.2) is 0 Å². The van der Waals surface area contributed by atoms with Crippen LogP contribution < -0.4 is 14.4 Å². The lowest BCUT2D eigenvalue weighted by Crippen LogP contribution is -2.41. The molecule has 0 saturated carbocycles. The van der Waals surface area contributed by atoms with Crippen LogP contribution in [0, 0.1) is 0 Å². The van der Waals surface area contributed by atoms with Gasteiger partial charge >= 0.3 is 0 Å². The maximum atomic E-state index is 13.2. The number of unbranched alkanes of at least 4 members (excludes halogenated alkanes) is 1. The third-order valence-corrected chi connectivity index (χ3v) is 5.94. The highest BCUT2D eigenvalue weighted by molar-refractivity contribution is 7.92. The number of halogens is 1. The Hall–Kier alpha value is -2.25. The summed E-state index contributed by atoms with van der Waals surface area (Å²) in [6.07, 6.45) is 1.77. The van der Waals surface area contributed by atoms with Crippen LogP contribution in [0.25, 0.3) is 0 Å². The molecule has 0 atom stereocenters. The Balaban J connectivity index is 2.34. The summed E-state index contributed by atoms with van der Waals surface area (Å²) in [5, 5.41) is 3.23. The normalized spacial score (nSPS) is 11.1. The van der Waals surface area contributed by atoms with E-state index in [1.54, 1.807) is 36.4 Å². The molecule has 2 aromatic rings. The summed E-state index contributed by atoms with van der Waals surface area (Å²) in [6, 6.07) is 12.3. The standard InChI is InChI=1S/C19H23ClN2O4S/c1-3-4-13-21-19(23)14-22(16-7-5-15(20)6-8-16)27(24,25)18-11-9-17(26-2)10-12-18/h5-12H,3-4,13-14H2,1-2H3,(H,21,23). The fourth-order valence-electron chi connectivity index (χ4n) is 2.39. The SMILES string of the molecule is CCCCNC(=O)CN(c1ccc(Cl)cc1)S(=O)(=O)c1ccc(OC)cc1. The van der Waals surface area contributed by atoms with Gasteiger partial charge in [-0.05, 0) is 55.0 Å². The van der Waals surface area contributed by atoms with E-state index >= 15 is 0 Å². The van der Waals surface area contributed by atoms with Crippen LogP contribution in [0.15, 0.2) is 53.4 Å². The van der Waals surface area contributed by atoms with E-state index in [2.05, 4.69) is 5.32 Å². The summed E-state index contributed by atoms with van der Waals surface area (Å²) in [7, 11) is -2.44. The number of rotatable bonds is 9. The molecule has 0 fully saturated rings. The molecule has 0 spiro atoms. The Morgan fingerprint density at radius 1 is 1.11 bits per heavy atom. The number of amides is 1. The van der Waals surface area contributed by atoms with Crippen molar-refractivity contribution in [1.29, 1.82) is 0 Å². The zero-order valence-corrected chi connectivity index (χ0v) is 16.9. The second-order valence-electron chi connectivity index (χ2n) is 5.87. The van der Waals surface area contributed by atoms with Gasteiger partial charge in [0.25, 0.3) is 10.0 Å². The summed E-state index contributed by atoms with van der Waals surface area (Å²) in [5.74, 6) is 0.180. The minimum Gasteiger partial charge on any atom is -0.497 e. The molecule has 146 valence electrons. The topological polar surface area (TPSA) is 75.7 Å². The second-order valence-corrected chi connectivity index (χ2v) is 8.17. The Kier molecular flexibility index (Phi) is 7.50. The van der Waals surface area contributed by atoms with Crippen molar-refractivity contribution >= 4 is 33.2 Å². The van der Waals surface area contributed by atoms with Crippen LogP contribution in [0.2, 0.25) is 5.02 Å². The third kappa shape index (κ3) is 5.61. The minimum absolute atomic E-state index is 0.0691. The molecule has 0 bridgehead atoms. The van der Waals surface area contributed by atoms with Crippen LogP contribution in [0.5, 0.6) is 5.75 Å². The lowest BCUT2D eigenvalue weighted by atomic mass is 10.3. The van der Waals surface area contributed by atoms with Crippen molar-refractivity contribution in [3.63, 3.8) is 0 Å². The van der Waals surface area contributed by atoms with Crippen LogP contribution in [0.1, 0.15) is 19.8 Å². The minimum atomic E-state index is -3.94. The largest absolute Gasteiger partial charge is 0.497 e. The van der Waals surface area contributed by atoms with Gasteiger partial charge in [-0.15, -0.1) is 0 Å². The molecule has 2 rings (SSSR count). The predicted molar refractivity (Wildman–Crippen MR) is 107 cm³/mol. The fraction of sp³-hybridized carbons (Fsp3) is 0.316. The van der Waals surface area contributed by atoms with Crippen molar-refractivity contribution in [3.05, 3.63) is 53.6 Å². The number of nitrogens with one attached hydrogen (secondary N) is 1. The average Bonchev–Trinajstić information content (AvgIpc) is 2.67. The van der Waals surface area contributed by atoms with E-state index in [0.717, 1.165) is 17.1 Å². The van der Waals surface area contributed by atoms with Gasteiger partial charge in [-0.2, -0.15) is 0 Å². The molecular weight excluding hydrogens is 388 g/mol. The smallest absolute Gasteiger partial charge is 0.264 e. The summed E-state index contributed by atoms with van der Waals surface area (Å²) in [6.45, 7) is 2.20. The zero-order valence-electron chi connectivity index (χ0n) is 15.3.